The van der Waals surface area contributed by atoms with Crippen molar-refractivity contribution in [1.29, 1.82) is 0 Å². The summed E-state index contributed by atoms with van der Waals surface area (Å²) in [6, 6.07) is 0. The summed E-state index contributed by atoms with van der Waals surface area (Å²) in [5, 5.41) is 9.46. The van der Waals surface area contributed by atoms with E-state index in [-0.39, 0.29) is 0 Å². The zero-order chi connectivity index (χ0) is 9.40. The van der Waals surface area contributed by atoms with Crippen LogP contribution in [0.1, 0.15) is 20.3 Å². The van der Waals surface area contributed by atoms with E-state index in [0.717, 1.165) is 6.42 Å². The highest BCUT2D eigenvalue weighted by Gasteiger charge is 1.96. The predicted molar refractivity (Wildman–Crippen MR) is 54.1 cm³/mol. The van der Waals surface area contributed by atoms with Gasteiger partial charge in [0.15, 0.2) is 0 Å². The zero-order valence-electron chi connectivity index (χ0n) is 7.70. The van der Waals surface area contributed by atoms with E-state index < -0.39 is 0 Å². The van der Waals surface area contributed by atoms with E-state index in [9.17, 15) is 0 Å². The molecular weight excluding hydrogens is 150 g/mol. The zero-order valence-corrected chi connectivity index (χ0v) is 7.70. The molecule has 0 aliphatic rings. The van der Waals surface area contributed by atoms with Crippen molar-refractivity contribution in [3.05, 3.63) is 24.9 Å². The van der Waals surface area contributed by atoms with Crippen LogP contribution in [0.15, 0.2) is 35.1 Å². The molecule has 0 saturated heterocycles. The van der Waals surface area contributed by atoms with Crippen LogP contribution in [0.2, 0.25) is 0 Å². The summed E-state index contributed by atoms with van der Waals surface area (Å²) in [5.74, 6) is 0. The second-order valence-corrected chi connectivity index (χ2v) is 2.06. The van der Waals surface area contributed by atoms with E-state index in [2.05, 4.69) is 23.4 Å². The molecule has 0 heterocycles. The van der Waals surface area contributed by atoms with E-state index >= 15 is 0 Å². The second kappa shape index (κ2) is 6.34. The highest BCUT2D eigenvalue weighted by Crippen LogP contribution is 2.02. The van der Waals surface area contributed by atoms with Gasteiger partial charge in [-0.2, -0.15) is 15.3 Å². The van der Waals surface area contributed by atoms with Gasteiger partial charge in [-0.15, -0.1) is 0 Å². The average molecular weight is 165 g/mol. The normalized spacial score (nSPS) is 10.8. The third-order valence-corrected chi connectivity index (χ3v) is 1.09. The van der Waals surface area contributed by atoms with Gasteiger partial charge in [-0.1, -0.05) is 20.1 Å². The summed E-state index contributed by atoms with van der Waals surface area (Å²) in [7, 11) is 0. The van der Waals surface area contributed by atoms with Crippen molar-refractivity contribution in [1.82, 2.24) is 5.12 Å². The molecule has 0 aromatic heterocycles. The molecule has 3 nitrogen and oxygen atoms in total. The Balaban J connectivity index is 4.32. The molecule has 0 aromatic carbocycles. The summed E-state index contributed by atoms with van der Waals surface area (Å²) >= 11 is 0. The van der Waals surface area contributed by atoms with Gasteiger partial charge in [-0.3, -0.25) is 0 Å². The molecule has 3 heteroatoms. The van der Waals surface area contributed by atoms with Gasteiger partial charge in [0.05, 0.1) is 5.70 Å². The summed E-state index contributed by atoms with van der Waals surface area (Å²) in [4.78, 5) is 0. The molecule has 12 heavy (non-hydrogen) atoms. The van der Waals surface area contributed by atoms with Crippen LogP contribution in [0, 0.1) is 0 Å². The number of allylic oxidation sites excluding steroid dienone is 1. The van der Waals surface area contributed by atoms with Crippen LogP contribution >= 0.6 is 0 Å². The van der Waals surface area contributed by atoms with Crippen molar-refractivity contribution >= 4 is 12.4 Å². The monoisotopic (exact) mass is 165 g/mol. The molecule has 0 N–H and O–H groups in total. The van der Waals surface area contributed by atoms with Gasteiger partial charge in [-0.05, 0) is 19.4 Å². The molecule has 0 saturated carbocycles. The maximum absolute atomic E-state index is 4.04. The highest BCUT2D eigenvalue weighted by atomic mass is 15.7. The summed E-state index contributed by atoms with van der Waals surface area (Å²) in [6.07, 6.45) is 5.91. The van der Waals surface area contributed by atoms with Crippen LogP contribution in [0.4, 0.5) is 0 Å². The highest BCUT2D eigenvalue weighted by molar-refractivity contribution is 5.57. The first-order valence-electron chi connectivity index (χ1n) is 3.88. The van der Waals surface area contributed by atoms with Crippen molar-refractivity contribution in [2.45, 2.75) is 20.3 Å². The number of rotatable bonds is 5. The van der Waals surface area contributed by atoms with Crippen LogP contribution in [0.5, 0.6) is 0 Å². The largest absolute Gasteiger partial charge is 0.163 e. The molecule has 0 aliphatic carbocycles. The SMILES string of the molecule is C=CC(=C)N(/N=C\C)/N=C\CC. The van der Waals surface area contributed by atoms with Gasteiger partial charge in [-0.25, -0.2) is 0 Å². The molecular formula is C9H15N3. The standard InChI is InChI=1S/C9H15N3/c1-5-8-11-12(10-7-3)9(4)6-2/h6-8H,2,4-5H2,1,3H3/b10-7-,11-8-. The minimum atomic E-state index is 0.665. The lowest BCUT2D eigenvalue weighted by Crippen LogP contribution is -2.06. The lowest BCUT2D eigenvalue weighted by Gasteiger charge is -2.10. The molecule has 0 atom stereocenters. The first-order chi connectivity index (χ1) is 5.76. The third kappa shape index (κ3) is 3.71. The molecule has 0 aromatic rings. The Morgan fingerprint density at radius 2 is 2.17 bits per heavy atom. The minimum Gasteiger partial charge on any atom is -0.163 e. The summed E-state index contributed by atoms with van der Waals surface area (Å²) < 4.78 is 0. The van der Waals surface area contributed by atoms with Gasteiger partial charge in [0, 0.05) is 12.4 Å². The number of hydrazone groups is 2. The molecule has 0 bridgehead atoms. The van der Waals surface area contributed by atoms with Crippen molar-refractivity contribution < 1.29 is 0 Å². The van der Waals surface area contributed by atoms with Crippen LogP contribution in [-0.2, 0) is 0 Å². The van der Waals surface area contributed by atoms with E-state index in [1.54, 1.807) is 18.5 Å². The third-order valence-electron chi connectivity index (χ3n) is 1.09. The van der Waals surface area contributed by atoms with Gasteiger partial charge >= 0.3 is 0 Å². The lowest BCUT2D eigenvalue weighted by molar-refractivity contribution is 0.405. The lowest BCUT2D eigenvalue weighted by atomic mass is 10.5. The fraction of sp³-hybridized carbons (Fsp3) is 0.333. The first-order valence-corrected chi connectivity index (χ1v) is 3.88. The smallest absolute Gasteiger partial charge is 0.0778 e. The van der Waals surface area contributed by atoms with Crippen LogP contribution in [0.3, 0.4) is 0 Å². The number of hydrogen-bond acceptors (Lipinski definition) is 3. The van der Waals surface area contributed by atoms with Gasteiger partial charge in [0.2, 0.25) is 0 Å². The quantitative estimate of drug-likeness (QED) is 0.349. The van der Waals surface area contributed by atoms with Gasteiger partial charge in [0.25, 0.3) is 0 Å². The first kappa shape index (κ1) is 10.6. The Morgan fingerprint density at radius 1 is 1.50 bits per heavy atom. The van der Waals surface area contributed by atoms with Crippen molar-refractivity contribution in [3.63, 3.8) is 0 Å². The minimum absolute atomic E-state index is 0.665. The van der Waals surface area contributed by atoms with E-state index in [1.807, 2.05) is 13.8 Å². The van der Waals surface area contributed by atoms with E-state index in [1.165, 1.54) is 5.12 Å². The van der Waals surface area contributed by atoms with Crippen molar-refractivity contribution in [2.75, 3.05) is 0 Å². The van der Waals surface area contributed by atoms with Gasteiger partial charge < -0.3 is 0 Å². The van der Waals surface area contributed by atoms with E-state index in [0.29, 0.717) is 5.70 Å². The molecule has 0 aliphatic heterocycles. The van der Waals surface area contributed by atoms with Crippen LogP contribution < -0.4 is 0 Å². The molecule has 0 unspecified atom stereocenters. The van der Waals surface area contributed by atoms with E-state index in [4.69, 9.17) is 0 Å². The number of nitrogens with zero attached hydrogens (tertiary/aromatic N) is 3. The maximum atomic E-state index is 4.04. The Hall–Kier alpha value is -1.38. The number of hydrogen-bond donors (Lipinski definition) is 0. The topological polar surface area (TPSA) is 28.0 Å². The van der Waals surface area contributed by atoms with Crippen LogP contribution in [-0.4, -0.2) is 17.5 Å². The Kier molecular flexibility index (Phi) is 5.61. The fourth-order valence-corrected chi connectivity index (χ4v) is 0.528. The van der Waals surface area contributed by atoms with Gasteiger partial charge in [0.1, 0.15) is 0 Å². The second-order valence-electron chi connectivity index (χ2n) is 2.06. The van der Waals surface area contributed by atoms with Crippen molar-refractivity contribution in [3.8, 4) is 0 Å². The average Bonchev–Trinajstić information content (AvgIpc) is 2.11. The molecule has 0 rings (SSSR count). The fourth-order valence-electron chi connectivity index (χ4n) is 0.528. The molecule has 0 amide bonds. The Morgan fingerprint density at radius 3 is 2.58 bits per heavy atom. The predicted octanol–water partition coefficient (Wildman–Crippen LogP) is 2.39. The van der Waals surface area contributed by atoms with Crippen LogP contribution in [0.25, 0.3) is 0 Å². The summed E-state index contributed by atoms with van der Waals surface area (Å²) in [6.45, 7) is 11.1. The Bertz CT molecular complexity index is 204. The maximum Gasteiger partial charge on any atom is 0.0778 e. The molecule has 0 radical (unpaired) electrons. The summed E-state index contributed by atoms with van der Waals surface area (Å²) in [5.41, 5.74) is 0.665. The Labute approximate surface area is 73.8 Å². The van der Waals surface area contributed by atoms with Crippen molar-refractivity contribution in [2.24, 2.45) is 10.2 Å². The molecule has 66 valence electrons. The molecule has 0 spiro atoms. The molecule has 0 fully saturated rings.